The van der Waals surface area contributed by atoms with Crippen molar-refractivity contribution in [2.75, 3.05) is 18.1 Å². The van der Waals surface area contributed by atoms with E-state index in [4.69, 9.17) is 40.5 Å². The number of hydrogen-bond acceptors (Lipinski definition) is 4. The fourth-order valence-electron chi connectivity index (χ4n) is 3.59. The highest BCUT2D eigenvalue weighted by atomic mass is 35.5. The van der Waals surface area contributed by atoms with Gasteiger partial charge in [0.1, 0.15) is 5.71 Å². The minimum Gasteiger partial charge on any atom is -0.477 e. The number of urea groups is 1. The Bertz CT molecular complexity index is 1010. The molecule has 2 amide bonds. The monoisotopic (exact) mass is 496 g/mol. The Kier molecular flexibility index (Phi) is 8.23. The number of nitrogens with two attached hydrogens (primary N) is 1. The van der Waals surface area contributed by atoms with Gasteiger partial charge in [0, 0.05) is 29.6 Å². The second-order valence-corrected chi connectivity index (χ2v) is 8.73. The third kappa shape index (κ3) is 6.06. The maximum absolute atomic E-state index is 11.3. The fraction of sp³-hybridized carbons (Fsp3) is 0.318. The van der Waals surface area contributed by atoms with Crippen LogP contribution in [0, 0.1) is 0 Å². The van der Waals surface area contributed by atoms with Crippen LogP contribution in [0.4, 0.5) is 10.5 Å². The van der Waals surface area contributed by atoms with Crippen molar-refractivity contribution in [3.63, 3.8) is 0 Å². The van der Waals surface area contributed by atoms with Gasteiger partial charge >= 0.3 is 12.0 Å². The van der Waals surface area contributed by atoms with Crippen molar-refractivity contribution in [1.82, 2.24) is 4.90 Å². The average Bonchev–Trinajstić information content (AvgIpc) is 3.21. The number of primary amides is 1. The number of halogens is 3. The summed E-state index contributed by atoms with van der Waals surface area (Å²) >= 11 is 18.1. The largest absolute Gasteiger partial charge is 0.477 e. The van der Waals surface area contributed by atoms with Gasteiger partial charge < -0.3 is 15.7 Å². The van der Waals surface area contributed by atoms with E-state index in [0.29, 0.717) is 20.8 Å². The smallest absolute Gasteiger partial charge is 0.352 e. The van der Waals surface area contributed by atoms with Crippen LogP contribution < -0.4 is 10.7 Å². The molecule has 7 nitrogen and oxygen atoms in total. The Morgan fingerprint density at radius 3 is 2.12 bits per heavy atom. The van der Waals surface area contributed by atoms with Crippen molar-refractivity contribution in [2.24, 2.45) is 10.8 Å². The van der Waals surface area contributed by atoms with Gasteiger partial charge in [0.2, 0.25) is 0 Å². The molecule has 1 unspecified atom stereocenters. The molecule has 0 aromatic heterocycles. The minimum atomic E-state index is -1.04. The molecule has 2 aliphatic heterocycles. The van der Waals surface area contributed by atoms with Crippen LogP contribution in [0.5, 0.6) is 0 Å². The average molecular weight is 498 g/mol. The molecule has 2 aromatic carbocycles. The molecule has 10 heteroatoms. The number of anilines is 1. The summed E-state index contributed by atoms with van der Waals surface area (Å²) in [6.07, 6.45) is 3.74. The summed E-state index contributed by atoms with van der Waals surface area (Å²) < 4.78 is 0. The molecule has 170 valence electrons. The molecule has 2 aliphatic rings. The molecule has 0 radical (unpaired) electrons. The van der Waals surface area contributed by atoms with Gasteiger partial charge in [-0.15, -0.1) is 0 Å². The zero-order valence-corrected chi connectivity index (χ0v) is 19.4. The number of likely N-dealkylation sites (tertiary alicyclic amines) is 1. The van der Waals surface area contributed by atoms with Crippen LogP contribution in [0.25, 0.3) is 0 Å². The standard InChI is InChI=1S/C16H11Cl3N2O2.C6H12N2O/c17-10-3-1-9(2-4-10)15-8-13(16(22)23)20-21(15)14-6-5-11(18)7-12(14)19;7-6(9)8-4-2-1-3-5-8/h1-7,15H,8H2,(H,22,23);1-5H2,(H2,7,9). The van der Waals surface area contributed by atoms with E-state index in [-0.39, 0.29) is 24.2 Å². The van der Waals surface area contributed by atoms with E-state index in [9.17, 15) is 14.7 Å². The molecule has 3 N–H and O–H groups in total. The Balaban J connectivity index is 0.000000269. The number of carbonyl (C=O) groups is 2. The number of nitrogens with zero attached hydrogens (tertiary/aromatic N) is 3. The SMILES string of the molecule is NC(=O)N1CCCCC1.O=C(O)C1=NN(c2ccc(Cl)cc2Cl)C(c2ccc(Cl)cc2)C1. The predicted octanol–water partition coefficient (Wildman–Crippen LogP) is 5.59. The van der Waals surface area contributed by atoms with E-state index in [1.165, 1.54) is 6.42 Å². The van der Waals surface area contributed by atoms with Crippen LogP contribution >= 0.6 is 34.8 Å². The molecular weight excluding hydrogens is 475 g/mol. The lowest BCUT2D eigenvalue weighted by molar-refractivity contribution is -0.129. The number of carbonyl (C=O) groups excluding carboxylic acids is 1. The number of rotatable bonds is 3. The summed E-state index contributed by atoms with van der Waals surface area (Å²) in [5, 5.41) is 16.6. The number of benzene rings is 2. The van der Waals surface area contributed by atoms with Crippen molar-refractivity contribution in [3.8, 4) is 0 Å². The first-order valence-corrected chi connectivity index (χ1v) is 11.2. The molecule has 0 bridgehead atoms. The Labute approximate surface area is 201 Å². The lowest BCUT2D eigenvalue weighted by Gasteiger charge is -2.25. The third-order valence-corrected chi connectivity index (χ3v) is 6.03. The number of carboxylic acid groups (broad SMARTS) is 1. The molecule has 2 heterocycles. The van der Waals surface area contributed by atoms with E-state index in [0.717, 1.165) is 31.5 Å². The lowest BCUT2D eigenvalue weighted by Crippen LogP contribution is -2.39. The summed E-state index contributed by atoms with van der Waals surface area (Å²) in [5.41, 5.74) is 6.64. The van der Waals surface area contributed by atoms with Gasteiger partial charge in [-0.05, 0) is 55.2 Å². The van der Waals surface area contributed by atoms with Crippen molar-refractivity contribution in [2.45, 2.75) is 31.7 Å². The summed E-state index contributed by atoms with van der Waals surface area (Å²) in [5.74, 6) is -1.04. The van der Waals surface area contributed by atoms with Crippen molar-refractivity contribution >= 4 is 58.2 Å². The van der Waals surface area contributed by atoms with Crippen LogP contribution in [0.2, 0.25) is 15.1 Å². The van der Waals surface area contributed by atoms with E-state index in [2.05, 4.69) is 5.10 Å². The van der Waals surface area contributed by atoms with Gasteiger partial charge in [-0.2, -0.15) is 5.10 Å². The van der Waals surface area contributed by atoms with Gasteiger partial charge in [-0.1, -0.05) is 46.9 Å². The number of amides is 2. The topological polar surface area (TPSA) is 99.2 Å². The van der Waals surface area contributed by atoms with Crippen molar-refractivity contribution in [1.29, 1.82) is 0 Å². The van der Waals surface area contributed by atoms with E-state index >= 15 is 0 Å². The van der Waals surface area contributed by atoms with Gasteiger partial charge in [0.15, 0.2) is 0 Å². The van der Waals surface area contributed by atoms with Gasteiger partial charge in [0.25, 0.3) is 0 Å². The van der Waals surface area contributed by atoms with Crippen LogP contribution in [-0.2, 0) is 4.79 Å². The molecule has 2 aromatic rings. The molecule has 0 saturated carbocycles. The predicted molar refractivity (Wildman–Crippen MR) is 128 cm³/mol. The summed E-state index contributed by atoms with van der Waals surface area (Å²) in [6, 6.07) is 11.7. The molecule has 0 aliphatic carbocycles. The molecule has 1 atom stereocenters. The van der Waals surface area contributed by atoms with Crippen LogP contribution in [0.15, 0.2) is 47.6 Å². The van der Waals surface area contributed by atoms with Gasteiger partial charge in [0.05, 0.1) is 16.8 Å². The fourth-order valence-corrected chi connectivity index (χ4v) is 4.21. The lowest BCUT2D eigenvalue weighted by atomic mass is 10.0. The van der Waals surface area contributed by atoms with Gasteiger partial charge in [-0.3, -0.25) is 5.01 Å². The first-order chi connectivity index (χ1) is 15.3. The third-order valence-electron chi connectivity index (χ3n) is 5.24. The van der Waals surface area contributed by atoms with Crippen molar-refractivity contribution < 1.29 is 14.7 Å². The zero-order valence-electron chi connectivity index (χ0n) is 17.2. The molecule has 4 rings (SSSR count). The Morgan fingerprint density at radius 1 is 0.969 bits per heavy atom. The number of hydrogen-bond donors (Lipinski definition) is 2. The molecular formula is C22H23Cl3N4O3. The van der Waals surface area contributed by atoms with Crippen LogP contribution in [0.3, 0.4) is 0 Å². The quantitative estimate of drug-likeness (QED) is 0.577. The second kappa shape index (κ2) is 10.9. The van der Waals surface area contributed by atoms with E-state index in [1.807, 2.05) is 12.1 Å². The molecule has 1 saturated heterocycles. The summed E-state index contributed by atoms with van der Waals surface area (Å²) in [4.78, 5) is 23.5. The highest BCUT2D eigenvalue weighted by molar-refractivity contribution is 6.38. The van der Waals surface area contributed by atoms with E-state index in [1.54, 1.807) is 40.2 Å². The molecule has 32 heavy (non-hydrogen) atoms. The number of carboxylic acids is 1. The number of aliphatic carboxylic acids is 1. The van der Waals surface area contributed by atoms with Gasteiger partial charge in [-0.25, -0.2) is 9.59 Å². The normalized spacial score (nSPS) is 18.0. The first kappa shape index (κ1) is 24.2. The summed E-state index contributed by atoms with van der Waals surface area (Å²) in [6.45, 7) is 1.71. The molecule has 0 spiro atoms. The maximum Gasteiger partial charge on any atom is 0.352 e. The van der Waals surface area contributed by atoms with E-state index < -0.39 is 5.97 Å². The Morgan fingerprint density at radius 2 is 1.59 bits per heavy atom. The maximum atomic E-state index is 11.3. The molecule has 1 fully saturated rings. The number of piperidine rings is 1. The first-order valence-electron chi connectivity index (χ1n) is 10.1. The van der Waals surface area contributed by atoms with Crippen LogP contribution in [0.1, 0.15) is 37.3 Å². The van der Waals surface area contributed by atoms with Crippen LogP contribution in [-0.4, -0.2) is 40.8 Å². The zero-order chi connectivity index (χ0) is 23.3. The summed E-state index contributed by atoms with van der Waals surface area (Å²) in [7, 11) is 0. The number of hydrazone groups is 1. The van der Waals surface area contributed by atoms with Crippen molar-refractivity contribution in [3.05, 3.63) is 63.1 Å². The highest BCUT2D eigenvalue weighted by Crippen LogP contribution is 2.39. The highest BCUT2D eigenvalue weighted by Gasteiger charge is 2.33. The second-order valence-electron chi connectivity index (χ2n) is 7.45. The minimum absolute atomic E-state index is 0.0796. The Hall–Kier alpha value is -2.48.